The summed E-state index contributed by atoms with van der Waals surface area (Å²) in [5.74, 6) is 0. The summed E-state index contributed by atoms with van der Waals surface area (Å²) in [5, 5.41) is 0. The summed E-state index contributed by atoms with van der Waals surface area (Å²) in [4.78, 5) is 5.16. The van der Waals surface area contributed by atoms with Gasteiger partial charge in [-0.3, -0.25) is 0 Å². The third-order valence-electron chi connectivity index (χ3n) is 19.0. The predicted octanol–water partition coefficient (Wildman–Crippen LogP) is 21.2. The molecule has 2 heteroatoms. The van der Waals surface area contributed by atoms with Gasteiger partial charge in [-0.05, 0) is 172 Å². The molecule has 11 aromatic carbocycles. The van der Waals surface area contributed by atoms with Crippen molar-refractivity contribution in [1.82, 2.24) is 0 Å². The van der Waals surface area contributed by atoms with Crippen molar-refractivity contribution >= 4 is 34.1 Å². The number of rotatable bonds is 6. The second-order valence-corrected chi connectivity index (χ2v) is 25.0. The van der Waals surface area contributed by atoms with Crippen LogP contribution in [0, 0.1) is 0 Å². The van der Waals surface area contributed by atoms with Gasteiger partial charge in [0.1, 0.15) is 0 Å². The maximum Gasteiger partial charge on any atom is 0.0544 e. The van der Waals surface area contributed by atoms with Crippen molar-refractivity contribution in [3.8, 4) is 66.8 Å². The highest BCUT2D eigenvalue weighted by molar-refractivity contribution is 5.97. The number of benzene rings is 11. The van der Waals surface area contributed by atoms with E-state index < -0.39 is 0 Å². The number of hydrogen-bond donors (Lipinski definition) is 0. The van der Waals surface area contributed by atoms with Gasteiger partial charge in [-0.2, -0.15) is 0 Å². The Bertz CT molecular complexity index is 4060. The molecule has 0 aliphatic carbocycles. The highest BCUT2D eigenvalue weighted by Gasteiger charge is 2.48. The van der Waals surface area contributed by atoms with Crippen molar-refractivity contribution in [3.63, 3.8) is 0 Å². The van der Waals surface area contributed by atoms with Gasteiger partial charge in [0.25, 0.3) is 0 Å². The Morgan fingerprint density at radius 1 is 0.188 bits per heavy atom. The minimum absolute atomic E-state index is 0.202. The molecule has 80 heavy (non-hydrogen) atoms. The number of fused-ring (bicyclic) bond motifs is 8. The minimum Gasteiger partial charge on any atom is -0.309 e. The molecule has 0 atom stereocenters. The maximum atomic E-state index is 2.60. The van der Waals surface area contributed by atoms with Gasteiger partial charge in [-0.25, -0.2) is 0 Å². The van der Waals surface area contributed by atoms with Crippen molar-refractivity contribution in [3.05, 3.63) is 287 Å². The van der Waals surface area contributed by atoms with Crippen LogP contribution in [0.4, 0.5) is 34.1 Å². The van der Waals surface area contributed by atoms with E-state index in [4.69, 9.17) is 0 Å². The fourth-order valence-electron chi connectivity index (χ4n) is 14.4. The van der Waals surface area contributed by atoms with E-state index in [1.165, 1.54) is 145 Å². The molecule has 0 aromatic heterocycles. The molecule has 0 saturated heterocycles. The van der Waals surface area contributed by atoms with Crippen LogP contribution in [0.15, 0.2) is 243 Å². The monoisotopic (exact) mass is 1030 g/mol. The summed E-state index contributed by atoms with van der Waals surface area (Å²) in [5.41, 5.74) is 32.2. The quantitative estimate of drug-likeness (QED) is 0.164. The first-order valence-electron chi connectivity index (χ1n) is 28.6. The highest BCUT2D eigenvalue weighted by atomic mass is 15.2. The summed E-state index contributed by atoms with van der Waals surface area (Å²) < 4.78 is 0. The zero-order valence-corrected chi connectivity index (χ0v) is 47.0. The van der Waals surface area contributed by atoms with Gasteiger partial charge in [0.05, 0.1) is 34.1 Å². The molecule has 15 rings (SSSR count). The number of para-hydroxylation sites is 2. The third-order valence-corrected chi connectivity index (χ3v) is 19.0. The number of nitrogens with zero attached hydrogens (tertiary/aromatic N) is 2. The van der Waals surface area contributed by atoms with Crippen molar-refractivity contribution in [2.75, 3.05) is 9.80 Å². The zero-order chi connectivity index (χ0) is 54.5. The standard InChI is InChI=1S/C78H64N2/c1-75(2)61-23-15-17-25-69(61)79-70-26-18-16-24-62(70)76(3,4)66-46-59(45-65(75)73(66)79)55-35-37-56(38-36-55)60-47-67-74-68(48-60)78(7,8)64-44-58(54-33-29-52(30-34-54)50-21-13-10-14-22-50)40-42-72(64)80(74)71-41-39-57(43-63(71)77(67,5)6)53-31-27-51(28-32-53)49-19-11-9-12-20-49/h9-48H,1-8H3. The first kappa shape index (κ1) is 48.2. The number of anilines is 6. The Kier molecular flexibility index (Phi) is 10.4. The van der Waals surface area contributed by atoms with Crippen LogP contribution in [0.2, 0.25) is 0 Å². The predicted molar refractivity (Wildman–Crippen MR) is 337 cm³/mol. The Morgan fingerprint density at radius 2 is 0.412 bits per heavy atom. The molecule has 11 aromatic rings. The van der Waals surface area contributed by atoms with E-state index >= 15 is 0 Å². The van der Waals surface area contributed by atoms with Gasteiger partial charge in [0.2, 0.25) is 0 Å². The second-order valence-electron chi connectivity index (χ2n) is 25.0. The molecule has 0 radical (unpaired) electrons. The van der Waals surface area contributed by atoms with Crippen molar-refractivity contribution in [2.24, 2.45) is 0 Å². The summed E-state index contributed by atoms with van der Waals surface area (Å²) in [6.07, 6.45) is 0. The molecule has 0 unspecified atom stereocenters. The Morgan fingerprint density at radius 3 is 0.750 bits per heavy atom. The lowest BCUT2D eigenvalue weighted by Crippen LogP contribution is -2.38. The van der Waals surface area contributed by atoms with Gasteiger partial charge < -0.3 is 9.80 Å². The Hall–Kier alpha value is -8.98. The first-order chi connectivity index (χ1) is 38.7. The molecule has 4 aliphatic heterocycles. The van der Waals surface area contributed by atoms with Gasteiger partial charge in [-0.15, -0.1) is 0 Å². The summed E-state index contributed by atoms with van der Waals surface area (Å²) >= 11 is 0. The molecule has 0 amide bonds. The van der Waals surface area contributed by atoms with Crippen molar-refractivity contribution in [1.29, 1.82) is 0 Å². The molecular formula is C78H64N2. The Balaban J connectivity index is 0.868. The van der Waals surface area contributed by atoms with Crippen molar-refractivity contribution < 1.29 is 0 Å². The van der Waals surface area contributed by atoms with Gasteiger partial charge >= 0.3 is 0 Å². The molecule has 2 nitrogen and oxygen atoms in total. The normalized spacial score (nSPS) is 15.8. The minimum atomic E-state index is -0.324. The van der Waals surface area contributed by atoms with E-state index in [-0.39, 0.29) is 21.7 Å². The first-order valence-corrected chi connectivity index (χ1v) is 28.6. The van der Waals surface area contributed by atoms with E-state index in [0.29, 0.717) is 0 Å². The lowest BCUT2D eigenvalue weighted by molar-refractivity contribution is 0.597. The number of hydrogen-bond acceptors (Lipinski definition) is 2. The van der Waals surface area contributed by atoms with Crippen LogP contribution in [0.25, 0.3) is 66.8 Å². The highest BCUT2D eigenvalue weighted by Crippen LogP contribution is 2.63. The summed E-state index contributed by atoms with van der Waals surface area (Å²) in [6.45, 7) is 19.4. The smallest absolute Gasteiger partial charge is 0.0544 e. The van der Waals surface area contributed by atoms with E-state index in [1.807, 2.05) is 0 Å². The molecular weight excluding hydrogens is 965 g/mol. The van der Waals surface area contributed by atoms with E-state index in [9.17, 15) is 0 Å². The third kappa shape index (κ3) is 7.04. The zero-order valence-electron chi connectivity index (χ0n) is 47.0. The molecule has 4 heterocycles. The van der Waals surface area contributed by atoms with Gasteiger partial charge in [0, 0.05) is 21.7 Å². The van der Waals surface area contributed by atoms with Crippen LogP contribution in [-0.4, -0.2) is 0 Å². The van der Waals surface area contributed by atoms with Crippen LogP contribution in [0.3, 0.4) is 0 Å². The molecule has 0 bridgehead atoms. The molecule has 4 aliphatic rings. The molecule has 386 valence electrons. The lowest BCUT2D eigenvalue weighted by Gasteiger charge is -2.50. The van der Waals surface area contributed by atoms with Crippen molar-refractivity contribution in [2.45, 2.75) is 77.0 Å². The van der Waals surface area contributed by atoms with Crippen LogP contribution in [0.5, 0.6) is 0 Å². The molecule has 0 spiro atoms. The van der Waals surface area contributed by atoms with Crippen LogP contribution in [-0.2, 0) is 21.7 Å². The maximum absolute atomic E-state index is 2.60. The fraction of sp³-hybridized carbons (Fsp3) is 0.154. The fourth-order valence-corrected chi connectivity index (χ4v) is 14.4. The van der Waals surface area contributed by atoms with Gasteiger partial charge in [-0.1, -0.05) is 237 Å². The topological polar surface area (TPSA) is 6.48 Å². The van der Waals surface area contributed by atoms with Crippen LogP contribution in [0.1, 0.15) is 99.9 Å². The average molecular weight is 1030 g/mol. The molecule has 0 fully saturated rings. The summed E-state index contributed by atoms with van der Waals surface area (Å²) in [7, 11) is 0. The van der Waals surface area contributed by atoms with E-state index in [1.54, 1.807) is 0 Å². The summed E-state index contributed by atoms with van der Waals surface area (Å²) in [6, 6.07) is 91.6. The Labute approximate surface area is 472 Å². The molecule has 0 saturated carbocycles. The average Bonchev–Trinajstić information content (AvgIpc) is 1.98. The van der Waals surface area contributed by atoms with E-state index in [0.717, 1.165) is 0 Å². The second kappa shape index (κ2) is 17.3. The SMILES string of the molecule is CC1(C)c2ccccc2N2c3ccccc3C(C)(C)c3cc(-c4ccc(-c5cc6c7c(c5)C(C)(C)c5cc(-c8ccc(-c9ccccc9)cc8)ccc5N7c5ccc(-c7ccc(-c8ccccc8)cc7)cc5C6(C)C)cc4)cc1c32. The van der Waals surface area contributed by atoms with Crippen LogP contribution < -0.4 is 9.80 Å². The molecule has 0 N–H and O–H groups in total. The largest absolute Gasteiger partial charge is 0.309 e. The lowest BCUT2D eigenvalue weighted by atomic mass is 9.65. The van der Waals surface area contributed by atoms with E-state index in [2.05, 4.69) is 308 Å². The van der Waals surface area contributed by atoms with Crippen LogP contribution >= 0.6 is 0 Å². The van der Waals surface area contributed by atoms with Gasteiger partial charge in [0.15, 0.2) is 0 Å².